The average molecular weight is 345 g/mol. The first-order chi connectivity index (χ1) is 11.6. The number of amides is 1. The molecule has 0 aliphatic carbocycles. The van der Waals surface area contributed by atoms with Gasteiger partial charge in [-0.1, -0.05) is 6.92 Å². The largest absolute Gasteiger partial charge is 0.333 e. The lowest BCUT2D eigenvalue weighted by atomic mass is 9.76. The highest BCUT2D eigenvalue weighted by molar-refractivity contribution is 7.12. The van der Waals surface area contributed by atoms with Gasteiger partial charge in [0.15, 0.2) is 0 Å². The summed E-state index contributed by atoms with van der Waals surface area (Å²) in [5.74, 6) is 0.115. The highest BCUT2D eigenvalue weighted by atomic mass is 32.1. The number of likely N-dealkylation sites (tertiary alicyclic amines) is 2. The molecule has 2 aliphatic rings. The molecular weight excluding hydrogens is 322 g/mol. The Hall–Kier alpha value is -1.73. The van der Waals surface area contributed by atoms with Crippen LogP contribution in [0.3, 0.4) is 0 Å². The first kappa shape index (κ1) is 15.8. The summed E-state index contributed by atoms with van der Waals surface area (Å²) >= 11 is 1.56. The molecule has 0 N–H and O–H groups in total. The minimum absolute atomic E-state index is 0.0856. The number of carbonyl (C=O) groups excluding carboxylic acids is 1. The van der Waals surface area contributed by atoms with Gasteiger partial charge in [-0.05, 0) is 32.7 Å². The van der Waals surface area contributed by atoms with Gasteiger partial charge >= 0.3 is 0 Å². The van der Waals surface area contributed by atoms with Crippen LogP contribution < -0.4 is 0 Å². The van der Waals surface area contributed by atoms with Gasteiger partial charge in [0, 0.05) is 36.8 Å². The Bertz CT molecular complexity index is 744. The van der Waals surface area contributed by atoms with Crippen molar-refractivity contribution in [2.45, 2.75) is 38.1 Å². The van der Waals surface area contributed by atoms with Gasteiger partial charge in [-0.25, -0.2) is 9.67 Å². The van der Waals surface area contributed by atoms with E-state index in [0.717, 1.165) is 56.1 Å². The Labute approximate surface area is 146 Å². The number of aromatic nitrogens is 3. The van der Waals surface area contributed by atoms with E-state index in [1.165, 1.54) is 0 Å². The summed E-state index contributed by atoms with van der Waals surface area (Å²) in [6.07, 6.45) is 7.70. The second-order valence-electron chi connectivity index (χ2n) is 6.88. The van der Waals surface area contributed by atoms with E-state index >= 15 is 0 Å². The maximum atomic E-state index is 12.9. The van der Waals surface area contributed by atoms with E-state index in [9.17, 15) is 4.79 Å². The van der Waals surface area contributed by atoms with Crippen molar-refractivity contribution in [2.75, 3.05) is 26.7 Å². The number of carbonyl (C=O) groups is 1. The van der Waals surface area contributed by atoms with Crippen molar-refractivity contribution in [3.8, 4) is 5.13 Å². The van der Waals surface area contributed by atoms with Gasteiger partial charge in [0.25, 0.3) is 5.91 Å². The van der Waals surface area contributed by atoms with Crippen LogP contribution in [0.15, 0.2) is 17.8 Å². The predicted molar refractivity (Wildman–Crippen MR) is 93.7 cm³/mol. The molecule has 2 saturated heterocycles. The minimum atomic E-state index is 0.0856. The summed E-state index contributed by atoms with van der Waals surface area (Å²) in [6, 6.07) is 0. The van der Waals surface area contributed by atoms with E-state index < -0.39 is 0 Å². The molecule has 4 rings (SSSR count). The van der Waals surface area contributed by atoms with Crippen molar-refractivity contribution in [1.82, 2.24) is 24.6 Å². The standard InChI is InChI=1S/C17H23N5OS/c1-3-14-12-24-16(19-14)22-11-13(10-18-22)15(23)21-9-6-17(21)4-7-20(2)8-5-17/h10-12H,3-9H2,1-2H3. The Morgan fingerprint density at radius 3 is 2.67 bits per heavy atom. The van der Waals surface area contributed by atoms with Crippen LogP contribution in [0.4, 0.5) is 0 Å². The van der Waals surface area contributed by atoms with Gasteiger partial charge in [-0.2, -0.15) is 5.10 Å². The molecule has 0 aromatic carbocycles. The Morgan fingerprint density at radius 2 is 2.04 bits per heavy atom. The summed E-state index contributed by atoms with van der Waals surface area (Å²) < 4.78 is 1.72. The van der Waals surface area contributed by atoms with E-state index in [-0.39, 0.29) is 11.4 Å². The predicted octanol–water partition coefficient (Wildman–Crippen LogP) is 2.20. The smallest absolute Gasteiger partial charge is 0.257 e. The summed E-state index contributed by atoms with van der Waals surface area (Å²) in [7, 11) is 2.15. The number of hydrogen-bond acceptors (Lipinski definition) is 5. The molecule has 1 spiro atoms. The van der Waals surface area contributed by atoms with Crippen LogP contribution in [-0.2, 0) is 6.42 Å². The Kier molecular flexibility index (Phi) is 3.92. The average Bonchev–Trinajstić information content (AvgIpc) is 3.23. The SMILES string of the molecule is CCc1csc(-n2cc(C(=O)N3CCC34CCN(C)CC4)cn2)n1. The van der Waals surface area contributed by atoms with Crippen LogP contribution in [-0.4, -0.2) is 62.7 Å². The van der Waals surface area contributed by atoms with E-state index in [1.807, 2.05) is 11.6 Å². The van der Waals surface area contributed by atoms with Gasteiger partial charge in [-0.3, -0.25) is 4.79 Å². The molecule has 1 amide bonds. The van der Waals surface area contributed by atoms with Gasteiger partial charge in [0.2, 0.25) is 5.13 Å². The van der Waals surface area contributed by atoms with Crippen LogP contribution in [0.5, 0.6) is 0 Å². The molecule has 2 aromatic heterocycles. The Balaban J connectivity index is 1.51. The molecule has 0 atom stereocenters. The fraction of sp³-hybridized carbons (Fsp3) is 0.588. The van der Waals surface area contributed by atoms with Crippen LogP contribution in [0.25, 0.3) is 5.13 Å². The maximum Gasteiger partial charge on any atom is 0.257 e. The molecule has 2 aliphatic heterocycles. The van der Waals surface area contributed by atoms with Crippen molar-refractivity contribution in [3.63, 3.8) is 0 Å². The third-order valence-corrected chi connectivity index (χ3v) is 6.34. The lowest BCUT2D eigenvalue weighted by molar-refractivity contribution is -0.0350. The number of hydrogen-bond donors (Lipinski definition) is 0. The van der Waals surface area contributed by atoms with Gasteiger partial charge in [0.05, 0.1) is 17.5 Å². The lowest BCUT2D eigenvalue weighted by Crippen LogP contribution is -2.65. The third-order valence-electron chi connectivity index (χ3n) is 5.46. The maximum absolute atomic E-state index is 12.9. The molecule has 0 saturated carbocycles. The number of nitrogens with zero attached hydrogens (tertiary/aromatic N) is 5. The Morgan fingerprint density at radius 1 is 1.29 bits per heavy atom. The molecule has 24 heavy (non-hydrogen) atoms. The minimum Gasteiger partial charge on any atom is -0.333 e. The zero-order valence-corrected chi connectivity index (χ0v) is 15.1. The molecule has 6 nitrogen and oxygen atoms in total. The molecule has 0 radical (unpaired) electrons. The quantitative estimate of drug-likeness (QED) is 0.856. The van der Waals surface area contributed by atoms with Crippen molar-refractivity contribution in [1.29, 1.82) is 0 Å². The van der Waals surface area contributed by atoms with Crippen molar-refractivity contribution >= 4 is 17.2 Å². The van der Waals surface area contributed by atoms with Gasteiger partial charge < -0.3 is 9.80 Å². The second-order valence-corrected chi connectivity index (χ2v) is 7.72. The van der Waals surface area contributed by atoms with Crippen molar-refractivity contribution < 1.29 is 4.79 Å². The van der Waals surface area contributed by atoms with Crippen molar-refractivity contribution in [2.24, 2.45) is 0 Å². The summed E-state index contributed by atoms with van der Waals surface area (Å²) in [5, 5.41) is 7.22. The van der Waals surface area contributed by atoms with Gasteiger partial charge in [0.1, 0.15) is 0 Å². The van der Waals surface area contributed by atoms with Crippen LogP contribution >= 0.6 is 11.3 Å². The zero-order valence-electron chi connectivity index (χ0n) is 14.2. The monoisotopic (exact) mass is 345 g/mol. The highest BCUT2D eigenvalue weighted by Crippen LogP contribution is 2.40. The number of aryl methyl sites for hydroxylation is 1. The van der Waals surface area contributed by atoms with Crippen LogP contribution in [0, 0.1) is 0 Å². The third kappa shape index (κ3) is 2.56. The number of thiazole rings is 1. The normalized spacial score (nSPS) is 20.3. The summed E-state index contributed by atoms with van der Waals surface area (Å²) in [4.78, 5) is 21.9. The van der Waals surface area contributed by atoms with Gasteiger partial charge in [-0.15, -0.1) is 11.3 Å². The van der Waals surface area contributed by atoms with E-state index in [1.54, 1.807) is 22.2 Å². The molecule has 2 fully saturated rings. The first-order valence-corrected chi connectivity index (χ1v) is 9.49. The molecular formula is C17H23N5OS. The summed E-state index contributed by atoms with van der Waals surface area (Å²) in [5.41, 5.74) is 1.81. The number of piperidine rings is 1. The molecule has 7 heteroatoms. The second kappa shape index (κ2) is 5.97. The first-order valence-electron chi connectivity index (χ1n) is 8.61. The molecule has 0 unspecified atom stereocenters. The van der Waals surface area contributed by atoms with E-state index in [4.69, 9.17) is 0 Å². The zero-order chi connectivity index (χ0) is 16.7. The fourth-order valence-electron chi connectivity index (χ4n) is 3.67. The topological polar surface area (TPSA) is 54.3 Å². The van der Waals surface area contributed by atoms with Crippen molar-refractivity contribution in [3.05, 3.63) is 29.0 Å². The van der Waals surface area contributed by atoms with Crippen LogP contribution in [0.1, 0.15) is 42.2 Å². The molecule has 128 valence electrons. The highest BCUT2D eigenvalue weighted by Gasteiger charge is 2.48. The fourth-order valence-corrected chi connectivity index (χ4v) is 4.51. The molecule has 2 aromatic rings. The molecule has 4 heterocycles. The van der Waals surface area contributed by atoms with E-state index in [2.05, 4.69) is 33.9 Å². The summed E-state index contributed by atoms with van der Waals surface area (Å²) in [6.45, 7) is 5.09. The molecule has 0 bridgehead atoms. The van der Waals surface area contributed by atoms with Crippen LogP contribution in [0.2, 0.25) is 0 Å². The lowest BCUT2D eigenvalue weighted by Gasteiger charge is -2.56. The van der Waals surface area contributed by atoms with E-state index in [0.29, 0.717) is 5.56 Å². The number of rotatable bonds is 3.